The van der Waals surface area contributed by atoms with Gasteiger partial charge >= 0.3 is 0 Å². The first-order valence-electron chi connectivity index (χ1n) is 9.87. The molecule has 0 aliphatic heterocycles. The van der Waals surface area contributed by atoms with Crippen molar-refractivity contribution in [1.82, 2.24) is 30.2 Å². The summed E-state index contributed by atoms with van der Waals surface area (Å²) in [6, 6.07) is 5.98. The number of fused-ring (bicyclic) bond motifs is 1. The summed E-state index contributed by atoms with van der Waals surface area (Å²) in [5, 5.41) is 12.2. The molecule has 2 aliphatic rings. The van der Waals surface area contributed by atoms with Crippen molar-refractivity contribution in [3.63, 3.8) is 0 Å². The number of benzene rings is 1. The number of nitrogens with zero attached hydrogens (tertiary/aromatic N) is 5. The predicted molar refractivity (Wildman–Crippen MR) is 103 cm³/mol. The molecule has 1 amide bonds. The number of hydrogen-bond acceptors (Lipinski definition) is 6. The minimum Gasteiger partial charge on any atom is -0.338 e. The second-order valence-electron chi connectivity index (χ2n) is 7.92. The SMILES string of the molecule is O=C(NC1(c2nc(C3CC3)no2)CC1)c1cncc2c1cnn2-c1ccc(F)cc1. The van der Waals surface area contributed by atoms with E-state index in [2.05, 4.69) is 25.5 Å². The summed E-state index contributed by atoms with van der Waals surface area (Å²) in [6.45, 7) is 0. The van der Waals surface area contributed by atoms with E-state index in [0.29, 0.717) is 34.0 Å². The molecule has 0 unspecified atom stereocenters. The minimum atomic E-state index is -0.605. The van der Waals surface area contributed by atoms with Crippen LogP contribution in [0.3, 0.4) is 0 Å². The van der Waals surface area contributed by atoms with Crippen molar-refractivity contribution >= 4 is 16.8 Å². The summed E-state index contributed by atoms with van der Waals surface area (Å²) in [4.78, 5) is 21.8. The zero-order valence-corrected chi connectivity index (χ0v) is 15.9. The molecule has 4 aromatic rings. The van der Waals surface area contributed by atoms with Crippen LogP contribution >= 0.6 is 0 Å². The van der Waals surface area contributed by atoms with Gasteiger partial charge in [-0.3, -0.25) is 9.78 Å². The molecule has 1 aromatic carbocycles. The van der Waals surface area contributed by atoms with Crippen LogP contribution < -0.4 is 5.32 Å². The second-order valence-corrected chi connectivity index (χ2v) is 7.92. The third-order valence-electron chi connectivity index (χ3n) is 5.71. The number of aromatic nitrogens is 5. The summed E-state index contributed by atoms with van der Waals surface area (Å²) in [5.41, 5.74) is 1.15. The van der Waals surface area contributed by atoms with Crippen molar-refractivity contribution < 1.29 is 13.7 Å². The Morgan fingerprint density at radius 1 is 1.17 bits per heavy atom. The second kappa shape index (κ2) is 6.19. The molecule has 9 heteroatoms. The maximum Gasteiger partial charge on any atom is 0.254 e. The highest BCUT2D eigenvalue weighted by atomic mass is 19.1. The standard InChI is InChI=1S/C21H17FN6O2/c22-13-3-5-14(6-4-13)28-17-11-23-9-16(15(17)10-24-28)19(29)26-21(7-8-21)20-25-18(27-30-20)12-1-2-12/h3-6,9-12H,1-2,7-8H2,(H,26,29). The third-order valence-corrected chi connectivity index (χ3v) is 5.71. The Bertz CT molecular complexity index is 1270. The van der Waals surface area contributed by atoms with Crippen LogP contribution in [0.4, 0.5) is 4.39 Å². The topological polar surface area (TPSA) is 98.7 Å². The molecular weight excluding hydrogens is 387 g/mol. The molecule has 6 rings (SSSR count). The molecule has 0 atom stereocenters. The van der Waals surface area contributed by atoms with Gasteiger partial charge in [0.05, 0.1) is 29.2 Å². The number of rotatable bonds is 5. The number of hydrogen-bond donors (Lipinski definition) is 1. The lowest BCUT2D eigenvalue weighted by Gasteiger charge is -2.13. The van der Waals surface area contributed by atoms with E-state index in [-0.39, 0.29) is 11.7 Å². The van der Waals surface area contributed by atoms with E-state index in [9.17, 15) is 9.18 Å². The van der Waals surface area contributed by atoms with Crippen molar-refractivity contribution in [2.45, 2.75) is 37.1 Å². The lowest BCUT2D eigenvalue weighted by atomic mass is 10.1. The van der Waals surface area contributed by atoms with Crippen LogP contribution in [-0.4, -0.2) is 30.8 Å². The molecule has 8 nitrogen and oxygen atoms in total. The molecule has 3 heterocycles. The monoisotopic (exact) mass is 404 g/mol. The first kappa shape index (κ1) is 17.3. The number of carbonyl (C=O) groups excluding carboxylic acids is 1. The maximum atomic E-state index is 13.3. The minimum absolute atomic E-state index is 0.268. The van der Waals surface area contributed by atoms with Crippen LogP contribution in [0.1, 0.15) is 53.7 Å². The highest BCUT2D eigenvalue weighted by Gasteiger charge is 2.51. The summed E-state index contributed by atoms with van der Waals surface area (Å²) in [5.74, 6) is 1.00. The lowest BCUT2D eigenvalue weighted by molar-refractivity contribution is 0.0922. The molecule has 2 saturated carbocycles. The summed E-state index contributed by atoms with van der Waals surface area (Å²) < 4.78 is 20.3. The Hall–Kier alpha value is -3.62. The Morgan fingerprint density at radius 2 is 1.97 bits per heavy atom. The molecule has 2 aliphatic carbocycles. The predicted octanol–water partition coefficient (Wildman–Crippen LogP) is 3.24. The smallest absolute Gasteiger partial charge is 0.254 e. The molecule has 2 fully saturated rings. The van der Waals surface area contributed by atoms with Gasteiger partial charge in [0, 0.05) is 17.5 Å². The van der Waals surface area contributed by atoms with Crippen LogP contribution in [0.5, 0.6) is 0 Å². The van der Waals surface area contributed by atoms with Crippen LogP contribution in [0, 0.1) is 5.82 Å². The highest BCUT2D eigenvalue weighted by molar-refractivity contribution is 6.06. The van der Waals surface area contributed by atoms with Gasteiger partial charge in [-0.25, -0.2) is 9.07 Å². The Morgan fingerprint density at radius 3 is 2.70 bits per heavy atom. The van der Waals surface area contributed by atoms with E-state index in [1.807, 2.05) is 0 Å². The van der Waals surface area contributed by atoms with Crippen LogP contribution in [0.25, 0.3) is 16.6 Å². The largest absolute Gasteiger partial charge is 0.338 e. The Labute approximate surface area is 170 Å². The molecule has 0 radical (unpaired) electrons. The molecule has 1 N–H and O–H groups in total. The van der Waals surface area contributed by atoms with Gasteiger partial charge in [-0.05, 0) is 49.9 Å². The Balaban J connectivity index is 1.31. The van der Waals surface area contributed by atoms with E-state index in [1.165, 1.54) is 18.3 Å². The van der Waals surface area contributed by atoms with Gasteiger partial charge < -0.3 is 9.84 Å². The number of carbonyl (C=O) groups is 1. The highest BCUT2D eigenvalue weighted by Crippen LogP contribution is 2.46. The van der Waals surface area contributed by atoms with E-state index in [4.69, 9.17) is 4.52 Å². The van der Waals surface area contributed by atoms with Gasteiger partial charge in [0.15, 0.2) is 5.82 Å². The zero-order valence-electron chi connectivity index (χ0n) is 15.9. The normalized spacial score (nSPS) is 17.2. The van der Waals surface area contributed by atoms with E-state index >= 15 is 0 Å². The number of nitrogens with one attached hydrogen (secondary N) is 1. The van der Waals surface area contributed by atoms with Crippen molar-refractivity contribution in [1.29, 1.82) is 0 Å². The molecule has 0 saturated heterocycles. The average Bonchev–Trinajstić information content (AvgIpc) is 3.66. The number of pyridine rings is 1. The van der Waals surface area contributed by atoms with E-state index in [0.717, 1.165) is 31.5 Å². The van der Waals surface area contributed by atoms with Crippen molar-refractivity contribution in [2.75, 3.05) is 0 Å². The van der Waals surface area contributed by atoms with Gasteiger partial charge in [0.1, 0.15) is 11.4 Å². The first-order valence-corrected chi connectivity index (χ1v) is 9.87. The summed E-state index contributed by atoms with van der Waals surface area (Å²) in [7, 11) is 0. The fourth-order valence-corrected chi connectivity index (χ4v) is 3.65. The first-order chi connectivity index (χ1) is 14.6. The Kier molecular flexibility index (Phi) is 3.56. The van der Waals surface area contributed by atoms with Gasteiger partial charge in [-0.15, -0.1) is 0 Å². The van der Waals surface area contributed by atoms with Crippen molar-refractivity contribution in [3.05, 3.63) is 66.0 Å². The molecule has 3 aromatic heterocycles. The van der Waals surface area contributed by atoms with Gasteiger partial charge in [0.25, 0.3) is 11.8 Å². The molecule has 30 heavy (non-hydrogen) atoms. The fraction of sp³-hybridized carbons (Fsp3) is 0.286. The van der Waals surface area contributed by atoms with Crippen molar-refractivity contribution in [3.8, 4) is 5.69 Å². The lowest BCUT2D eigenvalue weighted by Crippen LogP contribution is -2.35. The van der Waals surface area contributed by atoms with Gasteiger partial charge in [0.2, 0.25) is 0 Å². The van der Waals surface area contributed by atoms with E-state index < -0.39 is 5.54 Å². The zero-order chi connectivity index (χ0) is 20.3. The molecule has 0 bridgehead atoms. The van der Waals surface area contributed by atoms with E-state index in [1.54, 1.807) is 29.2 Å². The number of amides is 1. The maximum absolute atomic E-state index is 13.3. The number of halogens is 1. The van der Waals surface area contributed by atoms with Gasteiger partial charge in [-0.2, -0.15) is 10.1 Å². The third kappa shape index (κ3) is 2.77. The fourth-order valence-electron chi connectivity index (χ4n) is 3.65. The van der Waals surface area contributed by atoms with Crippen molar-refractivity contribution in [2.24, 2.45) is 0 Å². The van der Waals surface area contributed by atoms with Crippen LogP contribution in [0.15, 0.2) is 47.4 Å². The quantitative estimate of drug-likeness (QED) is 0.548. The molecular formula is C21H17FN6O2. The van der Waals surface area contributed by atoms with Crippen LogP contribution in [0.2, 0.25) is 0 Å². The summed E-state index contributed by atoms with van der Waals surface area (Å²) >= 11 is 0. The summed E-state index contributed by atoms with van der Waals surface area (Å²) in [6.07, 6.45) is 8.45. The van der Waals surface area contributed by atoms with Gasteiger partial charge in [-0.1, -0.05) is 5.16 Å². The molecule has 0 spiro atoms. The average molecular weight is 404 g/mol. The molecule has 150 valence electrons. The van der Waals surface area contributed by atoms with Crippen LogP contribution in [-0.2, 0) is 5.54 Å².